The Morgan fingerprint density at radius 1 is 0.660 bits per heavy atom. The van der Waals surface area contributed by atoms with Gasteiger partial charge in [0, 0.05) is 12.7 Å². The molecule has 2 N–H and O–H groups in total. The molecule has 30 nitrogen and oxygen atoms in total. The molecule has 2 saturated heterocycles. The van der Waals surface area contributed by atoms with Crippen LogP contribution in [0.1, 0.15) is 49.9 Å². The average molecular weight is 1420 g/mol. The first-order chi connectivity index (χ1) is 47.9. The highest BCUT2D eigenvalue weighted by atomic mass is 31.2. The number of amides is 2. The summed E-state index contributed by atoms with van der Waals surface area (Å²) in [6, 6.07) is 25.0. The Hall–Kier alpha value is -9.82. The summed E-state index contributed by atoms with van der Waals surface area (Å²) in [5.41, 5.74) is -1.91. The summed E-state index contributed by atoms with van der Waals surface area (Å²) in [6.07, 6.45) is -7.46. The summed E-state index contributed by atoms with van der Waals surface area (Å²) >= 11 is 0. The SMILES string of the molecule is C=CCOC(=O)Nc1ccn([C@@H]2O[C@H](COP(=O)(OCC=C)O[C@H]3[C@@H](O[Si](C)(C)C(C)(C)C)[C@H](n4cnc5c(=O)[nH]c(N(CC=C)C(=O)OCC=C)nc54)O[C@@H]3COC(c3ccccc3)(c3ccc(OC)cc3)c3ccc(OC)cc3)[C@@H](OC(=O)OCC=C)[C@H]2OC(=O)OCC=C)c(=O)n1. The number of nitrogens with one attached hydrogen (secondary N) is 2. The Balaban J connectivity index is 1.31. The molecule has 8 rings (SSSR count). The molecule has 2 aliphatic heterocycles. The number of fused-ring (bicyclic) bond motifs is 1. The second-order valence-corrected chi connectivity index (χ2v) is 29.9. The number of aromatic amines is 1. The van der Waals surface area contributed by atoms with Gasteiger partial charge in [0.25, 0.3) is 5.56 Å². The van der Waals surface area contributed by atoms with E-state index in [4.69, 9.17) is 75.1 Å². The van der Waals surface area contributed by atoms with Crippen LogP contribution in [0.15, 0.2) is 183 Å². The molecule has 0 saturated carbocycles. The molecular formula is C68H81N8O22PSi. The lowest BCUT2D eigenvalue weighted by Crippen LogP contribution is -2.49. The highest BCUT2D eigenvalue weighted by Crippen LogP contribution is 2.56. The van der Waals surface area contributed by atoms with E-state index in [0.717, 1.165) is 15.7 Å². The summed E-state index contributed by atoms with van der Waals surface area (Å²) < 4.78 is 110. The van der Waals surface area contributed by atoms with E-state index >= 15 is 4.57 Å². The molecule has 0 aliphatic carbocycles. The highest BCUT2D eigenvalue weighted by molar-refractivity contribution is 7.48. The number of benzene rings is 3. The highest BCUT2D eigenvalue weighted by Gasteiger charge is 2.57. The minimum atomic E-state index is -5.27. The van der Waals surface area contributed by atoms with Crippen molar-refractivity contribution in [1.29, 1.82) is 0 Å². The molecular weight excluding hydrogens is 1340 g/mol. The zero-order chi connectivity index (χ0) is 72.4. The summed E-state index contributed by atoms with van der Waals surface area (Å²) in [6.45, 7) is 28.5. The summed E-state index contributed by atoms with van der Waals surface area (Å²) in [7, 11) is -5.37. The van der Waals surface area contributed by atoms with E-state index in [1.165, 1.54) is 67.6 Å². The molecule has 32 heteroatoms. The van der Waals surface area contributed by atoms with Crippen molar-refractivity contribution in [1.82, 2.24) is 29.1 Å². The van der Waals surface area contributed by atoms with Crippen LogP contribution < -0.4 is 30.9 Å². The molecule has 0 radical (unpaired) electrons. The van der Waals surface area contributed by atoms with Crippen LogP contribution in [0, 0.1) is 0 Å². The minimum Gasteiger partial charge on any atom is -0.497 e. The number of imidazole rings is 1. The van der Waals surface area contributed by atoms with E-state index in [-0.39, 0.29) is 55.9 Å². The van der Waals surface area contributed by atoms with Gasteiger partial charge in [-0.3, -0.25) is 37.8 Å². The predicted molar refractivity (Wildman–Crippen MR) is 366 cm³/mol. The van der Waals surface area contributed by atoms with Crippen LogP contribution in [0.25, 0.3) is 11.2 Å². The minimum absolute atomic E-state index is 0.127. The van der Waals surface area contributed by atoms with Crippen LogP contribution in [0.4, 0.5) is 30.9 Å². The second-order valence-electron chi connectivity index (χ2n) is 23.5. The normalized spacial score (nSPS) is 19.6. The third-order valence-corrected chi connectivity index (χ3v) is 21.9. The number of aromatic nitrogens is 6. The van der Waals surface area contributed by atoms with Gasteiger partial charge in [-0.25, -0.2) is 38.4 Å². The van der Waals surface area contributed by atoms with Gasteiger partial charge in [0.2, 0.25) is 5.95 Å². The first-order valence-electron chi connectivity index (χ1n) is 31.2. The lowest BCUT2D eigenvalue weighted by molar-refractivity contribution is -0.0955. The lowest BCUT2D eigenvalue weighted by atomic mass is 9.80. The number of carbonyl (C=O) groups is 4. The molecule has 9 atom stereocenters. The Morgan fingerprint density at radius 2 is 1.21 bits per heavy atom. The quantitative estimate of drug-likeness (QED) is 0.00946. The number of ether oxygens (including phenoxy) is 11. The Bertz CT molecular complexity index is 4000. The molecule has 100 heavy (non-hydrogen) atoms. The van der Waals surface area contributed by atoms with Crippen molar-refractivity contribution >= 4 is 63.6 Å². The number of phosphoric acid groups is 1. The van der Waals surface area contributed by atoms with Gasteiger partial charge in [-0.05, 0) is 65.2 Å². The molecule has 3 aromatic heterocycles. The summed E-state index contributed by atoms with van der Waals surface area (Å²) in [5, 5.41) is 1.73. The molecule has 0 spiro atoms. The van der Waals surface area contributed by atoms with E-state index in [2.05, 4.69) is 59.7 Å². The molecule has 2 fully saturated rings. The molecule has 3 aromatic carbocycles. The molecule has 2 aliphatic rings. The van der Waals surface area contributed by atoms with Gasteiger partial charge in [0.1, 0.15) is 73.8 Å². The van der Waals surface area contributed by atoms with Gasteiger partial charge in [0.15, 0.2) is 44.1 Å². The van der Waals surface area contributed by atoms with Crippen LogP contribution >= 0.6 is 7.82 Å². The molecule has 6 aromatic rings. The van der Waals surface area contributed by atoms with Crippen molar-refractivity contribution in [2.24, 2.45) is 0 Å². The Morgan fingerprint density at radius 3 is 1.77 bits per heavy atom. The average Bonchev–Trinajstić information content (AvgIpc) is 1.39. The number of hydrogen-bond donors (Lipinski definition) is 2. The number of H-pyrrole nitrogens is 1. The third-order valence-electron chi connectivity index (χ3n) is 16.0. The fourth-order valence-electron chi connectivity index (χ4n) is 10.3. The number of methoxy groups -OCH3 is 2. The van der Waals surface area contributed by atoms with E-state index < -0.39 is 131 Å². The molecule has 2 amide bonds. The van der Waals surface area contributed by atoms with Gasteiger partial charge in [-0.1, -0.05) is 138 Å². The van der Waals surface area contributed by atoms with Gasteiger partial charge < -0.3 is 56.5 Å². The number of rotatable bonds is 34. The topological polar surface area (TPSA) is 338 Å². The monoisotopic (exact) mass is 1420 g/mol. The first kappa shape index (κ1) is 75.9. The van der Waals surface area contributed by atoms with E-state index in [1.54, 1.807) is 24.3 Å². The Kier molecular flexibility index (Phi) is 26.0. The van der Waals surface area contributed by atoms with Gasteiger partial charge in [0.05, 0.1) is 40.4 Å². The van der Waals surface area contributed by atoms with Crippen LogP contribution in [0.5, 0.6) is 11.5 Å². The predicted octanol–water partition coefficient (Wildman–Crippen LogP) is 10.8. The molecule has 5 heterocycles. The number of hydrogen-bond acceptors (Lipinski definition) is 25. The zero-order valence-corrected chi connectivity index (χ0v) is 58.2. The number of nitrogens with zero attached hydrogens (tertiary/aromatic N) is 6. The van der Waals surface area contributed by atoms with E-state index in [1.807, 2.05) is 88.5 Å². The van der Waals surface area contributed by atoms with E-state index in [9.17, 15) is 28.8 Å². The van der Waals surface area contributed by atoms with Crippen LogP contribution in [-0.2, 0) is 70.8 Å². The fraction of sp³-hybridized carbons (Fsp3) is 0.368. The van der Waals surface area contributed by atoms with Gasteiger partial charge in [-0.15, -0.1) is 13.2 Å². The molecule has 534 valence electrons. The standard InChI is InChI=1S/C68H81N8O22PSi/c1-14-34-75(64(80)87-37-16-3)61-72-57-52(58(77)73-61)69-43-76(57)60-56(98-100(12,13)67(7,8)9)54(49(93-60)41-90-68(44-23-21-20-22-24-44,45-25-29-47(84-10)30-26-45)46-27-31-48(85-11)32-28-46)97-99(83,91-40-19-6)92-42-50-53(95-65(81)88-38-17-4)55(96-66(82)89-39-18-5)59(94-50)74-35-33-51(70-62(74)78)71-63(79)86-36-15-2/h14-33,35,43,49-50,53-56,59-60H,1-6,34,36-42H2,7-13H3,(H,72,73,77)(H,70,71,78,79)/t49-,50-,53-,54-,55-,56-,59-,60-,99?/m1/s1. The molecule has 0 bridgehead atoms. The second kappa shape index (κ2) is 34.3. The number of carbonyl (C=O) groups excluding carboxylic acids is 4. The third kappa shape index (κ3) is 18.0. The fourth-order valence-corrected chi connectivity index (χ4v) is 13.0. The first-order valence-corrected chi connectivity index (χ1v) is 35.6. The number of phosphoric ester groups is 1. The summed E-state index contributed by atoms with van der Waals surface area (Å²) in [5.74, 6) is 0.537. The van der Waals surface area contributed by atoms with Crippen molar-refractivity contribution in [2.45, 2.75) is 93.6 Å². The van der Waals surface area contributed by atoms with Crippen LogP contribution in [0.3, 0.4) is 0 Å². The maximum atomic E-state index is 16.3. The van der Waals surface area contributed by atoms with Gasteiger partial charge in [-0.2, -0.15) is 9.97 Å². The Labute approximate surface area is 577 Å². The van der Waals surface area contributed by atoms with Crippen molar-refractivity contribution in [3.8, 4) is 11.5 Å². The van der Waals surface area contributed by atoms with Crippen molar-refractivity contribution in [3.05, 3.63) is 211 Å². The van der Waals surface area contributed by atoms with Crippen molar-refractivity contribution < 1.29 is 93.8 Å². The van der Waals surface area contributed by atoms with Crippen LogP contribution in [0.2, 0.25) is 18.1 Å². The van der Waals surface area contributed by atoms with Crippen molar-refractivity contribution in [2.75, 3.05) is 77.2 Å². The van der Waals surface area contributed by atoms with Gasteiger partial charge >= 0.3 is 38.0 Å². The smallest absolute Gasteiger partial charge is 0.497 e. The van der Waals surface area contributed by atoms with Crippen molar-refractivity contribution in [3.63, 3.8) is 0 Å². The van der Waals surface area contributed by atoms with E-state index in [0.29, 0.717) is 28.2 Å². The van der Waals surface area contributed by atoms with Crippen LogP contribution in [-0.4, -0.2) is 166 Å². The molecule has 1 unspecified atom stereocenters. The largest absolute Gasteiger partial charge is 0.509 e. The number of anilines is 2. The lowest BCUT2D eigenvalue weighted by Gasteiger charge is -2.41. The maximum absolute atomic E-state index is 16.3. The summed E-state index contributed by atoms with van der Waals surface area (Å²) in [4.78, 5) is 98.2. The maximum Gasteiger partial charge on any atom is 0.509 e. The zero-order valence-electron chi connectivity index (χ0n) is 56.3.